The van der Waals surface area contributed by atoms with Gasteiger partial charge in [0.05, 0.1) is 11.2 Å². The van der Waals surface area contributed by atoms with E-state index in [0.29, 0.717) is 5.69 Å². The highest BCUT2D eigenvalue weighted by atomic mass is 32.2. The number of aromatic nitrogens is 1. The molecule has 2 aromatic carbocycles. The third-order valence-corrected chi connectivity index (χ3v) is 6.62. The van der Waals surface area contributed by atoms with Crippen LogP contribution in [-0.4, -0.2) is 45.4 Å². The van der Waals surface area contributed by atoms with Crippen LogP contribution >= 0.6 is 11.8 Å². The third-order valence-electron chi connectivity index (χ3n) is 3.68. The number of anilines is 1. The number of benzene rings is 2. The molecule has 0 bridgehead atoms. The van der Waals surface area contributed by atoms with E-state index in [1.165, 1.54) is 18.0 Å². The Labute approximate surface area is 179 Å². The Morgan fingerprint density at radius 1 is 1.07 bits per heavy atom. The first-order valence-electron chi connectivity index (χ1n) is 8.54. The first-order chi connectivity index (χ1) is 13.8. The predicted molar refractivity (Wildman–Crippen MR) is 118 cm³/mol. The number of sulfone groups is 1. The molecule has 0 spiro atoms. The van der Waals surface area contributed by atoms with Crippen molar-refractivity contribution in [1.29, 1.82) is 0 Å². The van der Waals surface area contributed by atoms with E-state index in [4.69, 9.17) is 9.90 Å². The van der Waals surface area contributed by atoms with Crippen molar-refractivity contribution in [3.8, 4) is 0 Å². The first-order valence-corrected chi connectivity index (χ1v) is 13.1. The monoisotopic (exact) mass is 470 g/mol. The van der Waals surface area contributed by atoms with Gasteiger partial charge in [-0.05, 0) is 43.3 Å². The lowest BCUT2D eigenvalue weighted by Gasteiger charge is -2.06. The number of rotatable bonds is 5. The van der Waals surface area contributed by atoms with Crippen LogP contribution in [0.1, 0.15) is 12.6 Å². The minimum absolute atomic E-state index is 0.263. The molecule has 0 saturated heterocycles. The average Bonchev–Trinajstić information content (AvgIpc) is 2.88. The lowest BCUT2D eigenvalue weighted by Crippen LogP contribution is -2.09. The summed E-state index contributed by atoms with van der Waals surface area (Å²) in [7, 11) is -6.65. The molecule has 0 aliphatic carbocycles. The topological polar surface area (TPSA) is 133 Å². The van der Waals surface area contributed by atoms with Crippen molar-refractivity contribution in [1.82, 2.24) is 4.98 Å². The summed E-state index contributed by atoms with van der Waals surface area (Å²) < 4.78 is 48.9. The fourth-order valence-corrected chi connectivity index (χ4v) is 4.94. The Bertz CT molecular complexity index is 1290. The number of carbonyl (C=O) groups is 1. The number of aliphatic carboxylic acids is 1. The molecule has 1 aromatic heterocycles. The maximum Gasteiger partial charge on any atom is 0.300 e. The lowest BCUT2D eigenvalue weighted by atomic mass is 10.2. The van der Waals surface area contributed by atoms with Gasteiger partial charge in [-0.1, -0.05) is 17.8 Å². The second kappa shape index (κ2) is 9.11. The summed E-state index contributed by atoms with van der Waals surface area (Å²) in [5.74, 6) is -0.833. The van der Waals surface area contributed by atoms with E-state index in [2.05, 4.69) is 9.71 Å². The number of H-pyrrole nitrogens is 1. The van der Waals surface area contributed by atoms with Gasteiger partial charge in [0.15, 0.2) is 9.84 Å². The summed E-state index contributed by atoms with van der Waals surface area (Å²) >= 11 is 1.43. The van der Waals surface area contributed by atoms with Gasteiger partial charge in [-0.25, -0.2) is 16.8 Å². The molecular formula is C19H22N2O6S3. The van der Waals surface area contributed by atoms with Crippen molar-refractivity contribution >= 4 is 54.2 Å². The molecule has 162 valence electrons. The fourth-order valence-electron chi connectivity index (χ4n) is 2.60. The van der Waals surface area contributed by atoms with Gasteiger partial charge in [-0.3, -0.25) is 9.52 Å². The summed E-state index contributed by atoms with van der Waals surface area (Å²) in [4.78, 5) is 14.2. The molecule has 0 aliphatic rings. The number of aryl methyl sites for hydroxylation is 1. The van der Waals surface area contributed by atoms with E-state index in [0.717, 1.165) is 39.6 Å². The van der Waals surface area contributed by atoms with Crippen molar-refractivity contribution in [2.45, 2.75) is 28.5 Å². The molecule has 3 rings (SSSR count). The van der Waals surface area contributed by atoms with Gasteiger partial charge in [0.1, 0.15) is 0 Å². The highest BCUT2D eigenvalue weighted by Crippen LogP contribution is 2.38. The van der Waals surface area contributed by atoms with Crippen LogP contribution in [0.25, 0.3) is 10.9 Å². The Kier molecular flexibility index (Phi) is 7.22. The summed E-state index contributed by atoms with van der Waals surface area (Å²) in [6.07, 6.45) is 2.28. The Morgan fingerprint density at radius 2 is 1.70 bits per heavy atom. The molecule has 0 unspecified atom stereocenters. The Hall–Kier alpha value is -2.50. The van der Waals surface area contributed by atoms with Crippen molar-refractivity contribution in [3.05, 3.63) is 48.2 Å². The van der Waals surface area contributed by atoms with Crippen molar-refractivity contribution in [2.75, 3.05) is 17.2 Å². The minimum Gasteiger partial charge on any atom is -0.481 e. The molecule has 3 aromatic rings. The van der Waals surface area contributed by atoms with Crippen LogP contribution in [-0.2, 0) is 24.7 Å². The van der Waals surface area contributed by atoms with Crippen LogP contribution in [0, 0.1) is 6.92 Å². The van der Waals surface area contributed by atoms with Gasteiger partial charge in [0.25, 0.3) is 5.97 Å². The zero-order valence-electron chi connectivity index (χ0n) is 16.8. The average molecular weight is 471 g/mol. The van der Waals surface area contributed by atoms with Crippen LogP contribution in [0.3, 0.4) is 0 Å². The number of nitrogens with one attached hydrogen (secondary N) is 2. The molecule has 0 amide bonds. The molecule has 1 heterocycles. The van der Waals surface area contributed by atoms with Gasteiger partial charge in [0, 0.05) is 45.3 Å². The third kappa shape index (κ3) is 6.78. The van der Waals surface area contributed by atoms with E-state index in [1.54, 1.807) is 30.3 Å². The number of hydrogen-bond donors (Lipinski definition) is 3. The smallest absolute Gasteiger partial charge is 0.300 e. The summed E-state index contributed by atoms with van der Waals surface area (Å²) in [6.45, 7) is 3.01. The zero-order chi connectivity index (χ0) is 22.7. The molecule has 30 heavy (non-hydrogen) atoms. The van der Waals surface area contributed by atoms with Gasteiger partial charge < -0.3 is 10.1 Å². The first kappa shape index (κ1) is 23.8. The maximum atomic E-state index is 11.8. The quantitative estimate of drug-likeness (QED) is 0.520. The standard InChI is InChI=1S/C17H18N2O4S3.C2H4O2/c1-11-17(24-13-5-4-6-14(10-13)25(2,20)21)15-9-12(19-26(3,22)23)7-8-16(15)18-11;1-2(3)4/h4-10,18-19H,1-3H3;1H3,(H,3,4). The van der Waals surface area contributed by atoms with Crippen LogP contribution in [0.2, 0.25) is 0 Å². The van der Waals surface area contributed by atoms with E-state index in [9.17, 15) is 16.8 Å². The molecular weight excluding hydrogens is 448 g/mol. The molecule has 0 aliphatic heterocycles. The molecule has 0 saturated carbocycles. The second-order valence-electron chi connectivity index (χ2n) is 6.58. The van der Waals surface area contributed by atoms with E-state index in [1.807, 2.05) is 19.1 Å². The number of carboxylic acids is 1. The number of aromatic amines is 1. The molecule has 0 radical (unpaired) electrons. The summed E-state index contributed by atoms with van der Waals surface area (Å²) in [5.41, 5.74) is 2.28. The molecule has 0 atom stereocenters. The van der Waals surface area contributed by atoms with E-state index < -0.39 is 25.8 Å². The highest BCUT2D eigenvalue weighted by Gasteiger charge is 2.14. The summed E-state index contributed by atoms with van der Waals surface area (Å²) in [5, 5.41) is 8.28. The molecule has 3 N–H and O–H groups in total. The largest absolute Gasteiger partial charge is 0.481 e. The van der Waals surface area contributed by atoms with Crippen molar-refractivity contribution < 1.29 is 26.7 Å². The van der Waals surface area contributed by atoms with Crippen LogP contribution in [0.4, 0.5) is 5.69 Å². The Morgan fingerprint density at radius 3 is 2.27 bits per heavy atom. The molecule has 0 fully saturated rings. The minimum atomic E-state index is -3.37. The van der Waals surface area contributed by atoms with Gasteiger partial charge in [-0.2, -0.15) is 0 Å². The fraction of sp³-hybridized carbons (Fsp3) is 0.211. The number of sulfonamides is 1. The predicted octanol–water partition coefficient (Wildman–Crippen LogP) is 3.49. The number of carboxylic acid groups (broad SMARTS) is 1. The van der Waals surface area contributed by atoms with Crippen molar-refractivity contribution in [3.63, 3.8) is 0 Å². The Balaban J connectivity index is 0.000000735. The van der Waals surface area contributed by atoms with Crippen LogP contribution in [0.15, 0.2) is 57.2 Å². The number of fused-ring (bicyclic) bond motifs is 1. The van der Waals surface area contributed by atoms with Crippen LogP contribution in [0.5, 0.6) is 0 Å². The van der Waals surface area contributed by atoms with Gasteiger partial charge in [-0.15, -0.1) is 0 Å². The second-order valence-corrected chi connectivity index (χ2v) is 11.4. The van der Waals surface area contributed by atoms with Gasteiger partial charge >= 0.3 is 0 Å². The van der Waals surface area contributed by atoms with Gasteiger partial charge in [0.2, 0.25) is 10.0 Å². The highest BCUT2D eigenvalue weighted by molar-refractivity contribution is 7.99. The van der Waals surface area contributed by atoms with E-state index in [-0.39, 0.29) is 4.90 Å². The van der Waals surface area contributed by atoms with Crippen LogP contribution < -0.4 is 4.72 Å². The normalized spacial score (nSPS) is 11.6. The SMILES string of the molecule is CC(=O)O.Cc1[nH]c2ccc(NS(C)(=O)=O)cc2c1Sc1cccc(S(C)(=O)=O)c1. The molecule has 11 heteroatoms. The summed E-state index contributed by atoms with van der Waals surface area (Å²) in [6, 6.07) is 12.0. The molecule has 8 nitrogen and oxygen atoms in total. The van der Waals surface area contributed by atoms with E-state index >= 15 is 0 Å². The maximum absolute atomic E-state index is 11.8. The zero-order valence-corrected chi connectivity index (χ0v) is 19.2. The lowest BCUT2D eigenvalue weighted by molar-refractivity contribution is -0.134. The number of hydrogen-bond acceptors (Lipinski definition) is 6. The van der Waals surface area contributed by atoms with Crippen molar-refractivity contribution in [2.24, 2.45) is 0 Å².